The fourth-order valence-corrected chi connectivity index (χ4v) is 3.41. The van der Waals surface area contributed by atoms with Crippen molar-refractivity contribution in [1.29, 1.82) is 0 Å². The first-order valence-electron chi connectivity index (χ1n) is 8.01. The van der Waals surface area contributed by atoms with Crippen molar-refractivity contribution < 1.29 is 9.53 Å². The second-order valence-corrected chi connectivity index (χ2v) is 6.52. The summed E-state index contributed by atoms with van der Waals surface area (Å²) < 4.78 is 5.41. The van der Waals surface area contributed by atoms with Gasteiger partial charge in [-0.3, -0.25) is 4.79 Å². The van der Waals surface area contributed by atoms with Crippen molar-refractivity contribution in [2.45, 2.75) is 52.0 Å². The Bertz CT molecular complexity index is 305. The predicted molar refractivity (Wildman–Crippen MR) is 82.7 cm³/mol. The van der Waals surface area contributed by atoms with Crippen LogP contribution in [0.25, 0.3) is 0 Å². The Hall–Kier alpha value is -0.610. The first-order chi connectivity index (χ1) is 9.44. The first-order valence-corrected chi connectivity index (χ1v) is 8.01. The van der Waals surface area contributed by atoms with Gasteiger partial charge in [0.05, 0.1) is 6.61 Å². The second kappa shape index (κ2) is 7.99. The van der Waals surface area contributed by atoms with E-state index in [1.165, 1.54) is 6.42 Å². The molecular formula is C16H32N2O2. The van der Waals surface area contributed by atoms with Crippen LogP contribution in [0.5, 0.6) is 0 Å². The molecule has 0 aromatic heterocycles. The van der Waals surface area contributed by atoms with Gasteiger partial charge in [-0.25, -0.2) is 0 Å². The van der Waals surface area contributed by atoms with Crippen LogP contribution >= 0.6 is 0 Å². The summed E-state index contributed by atoms with van der Waals surface area (Å²) in [5.74, 6) is 0.821. The highest BCUT2D eigenvalue weighted by molar-refractivity contribution is 5.81. The smallest absolute Gasteiger partial charge is 0.326 e. The first kappa shape index (κ1) is 17.4. The molecule has 0 saturated heterocycles. The molecular weight excluding hydrogens is 252 g/mol. The summed E-state index contributed by atoms with van der Waals surface area (Å²) in [5.41, 5.74) is -0.474. The van der Waals surface area contributed by atoms with Gasteiger partial charge in [0.15, 0.2) is 0 Å². The van der Waals surface area contributed by atoms with Crippen molar-refractivity contribution in [3.05, 3.63) is 0 Å². The number of likely N-dealkylation sites (N-methyl/N-ethyl adjacent to an activating group) is 1. The van der Waals surface area contributed by atoms with Gasteiger partial charge in [0.25, 0.3) is 0 Å². The monoisotopic (exact) mass is 284 g/mol. The molecule has 0 heterocycles. The minimum absolute atomic E-state index is 0.0443. The molecule has 1 aliphatic carbocycles. The van der Waals surface area contributed by atoms with Crippen LogP contribution in [-0.4, -0.2) is 50.2 Å². The number of nitrogens with zero attached hydrogens (tertiary/aromatic N) is 1. The molecule has 4 nitrogen and oxygen atoms in total. The van der Waals surface area contributed by atoms with E-state index in [9.17, 15) is 4.79 Å². The zero-order chi connectivity index (χ0) is 15.2. The van der Waals surface area contributed by atoms with Crippen LogP contribution in [-0.2, 0) is 9.53 Å². The van der Waals surface area contributed by atoms with Gasteiger partial charge in [0.2, 0.25) is 0 Å². The average molecular weight is 284 g/mol. The summed E-state index contributed by atoms with van der Waals surface area (Å²) in [5, 5.41) is 3.57. The standard InChI is InChI=1S/C16H32N2O2/c1-6-20-15(19)16(17-11-12-18(4)5)10-8-7-9-14(16)13(2)3/h13-14,17H,6-12H2,1-5H3. The molecule has 2 unspecified atom stereocenters. The fourth-order valence-electron chi connectivity index (χ4n) is 3.41. The van der Waals surface area contributed by atoms with E-state index >= 15 is 0 Å². The summed E-state index contributed by atoms with van der Waals surface area (Å²) in [7, 11) is 4.11. The summed E-state index contributed by atoms with van der Waals surface area (Å²) in [6.45, 7) is 8.55. The molecule has 0 spiro atoms. The zero-order valence-electron chi connectivity index (χ0n) is 13.9. The number of hydrogen-bond donors (Lipinski definition) is 1. The summed E-state index contributed by atoms with van der Waals surface area (Å²) in [4.78, 5) is 14.8. The van der Waals surface area contributed by atoms with E-state index in [1.807, 2.05) is 6.92 Å². The maximum atomic E-state index is 12.6. The van der Waals surface area contributed by atoms with Crippen LogP contribution in [0.4, 0.5) is 0 Å². The second-order valence-electron chi connectivity index (χ2n) is 6.52. The van der Waals surface area contributed by atoms with Crippen molar-refractivity contribution in [1.82, 2.24) is 10.2 Å². The number of ether oxygens (including phenoxy) is 1. The lowest BCUT2D eigenvalue weighted by Crippen LogP contribution is -2.61. The number of hydrogen-bond acceptors (Lipinski definition) is 4. The Balaban J connectivity index is 2.88. The lowest BCUT2D eigenvalue weighted by molar-refractivity contribution is -0.157. The molecule has 2 atom stereocenters. The third-order valence-electron chi connectivity index (χ3n) is 4.41. The molecule has 0 aromatic rings. The fraction of sp³-hybridized carbons (Fsp3) is 0.938. The summed E-state index contributed by atoms with van der Waals surface area (Å²) in [6, 6.07) is 0. The van der Waals surface area contributed by atoms with Gasteiger partial charge in [0, 0.05) is 13.1 Å². The number of esters is 1. The van der Waals surface area contributed by atoms with Crippen LogP contribution < -0.4 is 5.32 Å². The zero-order valence-corrected chi connectivity index (χ0v) is 13.9. The van der Waals surface area contributed by atoms with Gasteiger partial charge >= 0.3 is 5.97 Å². The van der Waals surface area contributed by atoms with Crippen molar-refractivity contribution >= 4 is 5.97 Å². The maximum absolute atomic E-state index is 12.6. The van der Waals surface area contributed by atoms with E-state index in [4.69, 9.17) is 4.74 Å². The van der Waals surface area contributed by atoms with Crippen LogP contribution in [0.1, 0.15) is 46.5 Å². The van der Waals surface area contributed by atoms with Crippen LogP contribution in [0, 0.1) is 11.8 Å². The molecule has 1 saturated carbocycles. The van der Waals surface area contributed by atoms with Crippen molar-refractivity contribution in [3.63, 3.8) is 0 Å². The highest BCUT2D eigenvalue weighted by atomic mass is 16.5. The summed E-state index contributed by atoms with van der Waals surface area (Å²) in [6.07, 6.45) is 4.35. The molecule has 0 aromatic carbocycles. The molecule has 1 rings (SSSR count). The molecule has 0 amide bonds. The molecule has 4 heteroatoms. The van der Waals surface area contributed by atoms with Gasteiger partial charge in [-0.1, -0.05) is 26.7 Å². The molecule has 20 heavy (non-hydrogen) atoms. The number of rotatable bonds is 7. The van der Waals surface area contributed by atoms with Gasteiger partial charge in [0.1, 0.15) is 5.54 Å². The topological polar surface area (TPSA) is 41.6 Å². The SMILES string of the molecule is CCOC(=O)C1(NCCN(C)C)CCCCC1C(C)C. The van der Waals surface area contributed by atoms with Crippen LogP contribution in [0.3, 0.4) is 0 Å². The Labute approximate surface area is 124 Å². The number of nitrogens with one attached hydrogen (secondary N) is 1. The Kier molecular flexibility index (Phi) is 6.96. The van der Waals surface area contributed by atoms with E-state index in [1.54, 1.807) is 0 Å². The largest absolute Gasteiger partial charge is 0.465 e. The van der Waals surface area contributed by atoms with Crippen molar-refractivity contribution in [2.75, 3.05) is 33.8 Å². The third kappa shape index (κ3) is 4.19. The highest BCUT2D eigenvalue weighted by Crippen LogP contribution is 2.39. The van der Waals surface area contributed by atoms with E-state index in [-0.39, 0.29) is 5.97 Å². The normalized spacial score (nSPS) is 27.1. The lowest BCUT2D eigenvalue weighted by atomic mass is 9.67. The number of carbonyl (C=O) groups is 1. The molecule has 1 fully saturated rings. The van der Waals surface area contributed by atoms with Gasteiger partial charge in [-0.2, -0.15) is 0 Å². The predicted octanol–water partition coefficient (Wildman–Crippen LogP) is 2.29. The Morgan fingerprint density at radius 1 is 1.40 bits per heavy atom. The summed E-state index contributed by atoms with van der Waals surface area (Å²) >= 11 is 0. The Morgan fingerprint density at radius 2 is 2.10 bits per heavy atom. The molecule has 0 bridgehead atoms. The average Bonchev–Trinajstić information content (AvgIpc) is 2.38. The molecule has 118 valence electrons. The third-order valence-corrected chi connectivity index (χ3v) is 4.41. The highest BCUT2D eigenvalue weighted by Gasteiger charge is 2.48. The molecule has 0 radical (unpaired) electrons. The van der Waals surface area contributed by atoms with Crippen LogP contribution in [0.15, 0.2) is 0 Å². The van der Waals surface area contributed by atoms with E-state index < -0.39 is 5.54 Å². The minimum atomic E-state index is -0.474. The van der Waals surface area contributed by atoms with Gasteiger partial charge < -0.3 is 15.0 Å². The number of carbonyl (C=O) groups excluding carboxylic acids is 1. The minimum Gasteiger partial charge on any atom is -0.465 e. The maximum Gasteiger partial charge on any atom is 0.326 e. The van der Waals surface area contributed by atoms with Crippen molar-refractivity contribution in [2.24, 2.45) is 11.8 Å². The van der Waals surface area contributed by atoms with E-state index in [0.29, 0.717) is 18.4 Å². The van der Waals surface area contributed by atoms with Gasteiger partial charge in [-0.15, -0.1) is 0 Å². The Morgan fingerprint density at radius 3 is 2.65 bits per heavy atom. The molecule has 0 aliphatic heterocycles. The van der Waals surface area contributed by atoms with Crippen molar-refractivity contribution in [3.8, 4) is 0 Å². The quantitative estimate of drug-likeness (QED) is 0.728. The molecule has 1 aliphatic rings. The van der Waals surface area contributed by atoms with Crippen LogP contribution in [0.2, 0.25) is 0 Å². The molecule has 1 N–H and O–H groups in total. The lowest BCUT2D eigenvalue weighted by Gasteiger charge is -2.45. The van der Waals surface area contributed by atoms with E-state index in [2.05, 4.69) is 38.2 Å². The van der Waals surface area contributed by atoms with Gasteiger partial charge in [-0.05, 0) is 45.7 Å². The van der Waals surface area contributed by atoms with E-state index in [0.717, 1.165) is 32.4 Å².